The number of rotatable bonds is 4. The SMILES string of the molecule is C=CC(=O)N1CCc2nn(-c3ccc(C45CC(C4)C5)cc3)c3c2[C@@H](C1)N(C(=O)c1ccc(C(F)(F)F)c2[nH]ncc12)CC3. The fraction of sp³-hybridized carbons (Fsp3) is 0.375. The average Bonchev–Trinajstić information content (AvgIpc) is 3.52. The van der Waals surface area contributed by atoms with Crippen molar-refractivity contribution in [3.8, 4) is 5.69 Å². The van der Waals surface area contributed by atoms with Crippen LogP contribution in [0.15, 0.2) is 55.3 Å². The molecule has 8 nitrogen and oxygen atoms in total. The van der Waals surface area contributed by atoms with Crippen LogP contribution in [0.2, 0.25) is 0 Å². The number of carbonyl (C=O) groups is 2. The molecule has 5 aliphatic rings. The molecule has 220 valence electrons. The summed E-state index contributed by atoms with van der Waals surface area (Å²) >= 11 is 0. The number of aromatic amines is 1. The van der Waals surface area contributed by atoms with E-state index in [-0.39, 0.29) is 28.9 Å². The molecule has 43 heavy (non-hydrogen) atoms. The van der Waals surface area contributed by atoms with E-state index in [1.54, 1.807) is 9.80 Å². The summed E-state index contributed by atoms with van der Waals surface area (Å²) in [4.78, 5) is 30.3. The minimum atomic E-state index is -4.60. The molecule has 2 amide bonds. The van der Waals surface area contributed by atoms with Gasteiger partial charge in [0.2, 0.25) is 5.91 Å². The van der Waals surface area contributed by atoms with E-state index in [2.05, 4.69) is 41.0 Å². The minimum absolute atomic E-state index is 0.109. The lowest BCUT2D eigenvalue weighted by atomic mass is 9.42. The van der Waals surface area contributed by atoms with Crippen molar-refractivity contribution < 1.29 is 22.8 Å². The van der Waals surface area contributed by atoms with Crippen molar-refractivity contribution in [1.82, 2.24) is 29.8 Å². The van der Waals surface area contributed by atoms with Crippen molar-refractivity contribution in [3.05, 3.63) is 88.9 Å². The number of fused-ring (bicyclic) bond motifs is 1. The molecule has 9 rings (SSSR count). The average molecular weight is 587 g/mol. The summed E-state index contributed by atoms with van der Waals surface area (Å²) in [6.07, 6.45) is 2.80. The molecule has 2 aliphatic heterocycles. The molecule has 0 spiro atoms. The first kappa shape index (κ1) is 26.2. The summed E-state index contributed by atoms with van der Waals surface area (Å²) in [5.74, 6) is 0.243. The molecule has 4 heterocycles. The van der Waals surface area contributed by atoms with Crippen molar-refractivity contribution in [1.29, 1.82) is 0 Å². The highest BCUT2D eigenvalue weighted by molar-refractivity contribution is 6.07. The van der Waals surface area contributed by atoms with Crippen LogP contribution < -0.4 is 0 Å². The molecular formula is C32H29F3N6O2. The topological polar surface area (TPSA) is 87.1 Å². The molecule has 4 aromatic rings. The number of amides is 2. The van der Waals surface area contributed by atoms with Crippen molar-refractivity contribution in [2.75, 3.05) is 19.6 Å². The van der Waals surface area contributed by atoms with Gasteiger partial charge in [-0.1, -0.05) is 18.7 Å². The highest BCUT2D eigenvalue weighted by atomic mass is 19.4. The molecule has 3 saturated carbocycles. The van der Waals surface area contributed by atoms with E-state index in [1.807, 2.05) is 4.68 Å². The number of aromatic nitrogens is 4. The fourth-order valence-corrected chi connectivity index (χ4v) is 7.78. The summed E-state index contributed by atoms with van der Waals surface area (Å²) in [5, 5.41) is 11.4. The predicted molar refractivity (Wildman–Crippen MR) is 152 cm³/mol. The smallest absolute Gasteiger partial charge is 0.336 e. The highest BCUT2D eigenvalue weighted by Gasteiger charge is 2.57. The van der Waals surface area contributed by atoms with Crippen LogP contribution in [0.5, 0.6) is 0 Å². The van der Waals surface area contributed by atoms with Gasteiger partial charge in [0.15, 0.2) is 0 Å². The zero-order chi connectivity index (χ0) is 29.7. The molecular weight excluding hydrogens is 557 g/mol. The number of halogens is 3. The Labute approximate surface area is 245 Å². The molecule has 0 radical (unpaired) electrons. The number of hydrogen-bond acceptors (Lipinski definition) is 4. The van der Waals surface area contributed by atoms with Crippen LogP contribution in [0, 0.1) is 5.92 Å². The van der Waals surface area contributed by atoms with Gasteiger partial charge in [-0.25, -0.2) is 4.68 Å². The molecule has 2 aromatic heterocycles. The maximum absolute atomic E-state index is 14.1. The number of hydrogen-bond donors (Lipinski definition) is 1. The van der Waals surface area contributed by atoms with E-state index in [1.165, 1.54) is 43.2 Å². The Balaban J connectivity index is 1.19. The maximum Gasteiger partial charge on any atom is 0.418 e. The molecule has 3 aliphatic carbocycles. The number of carbonyl (C=O) groups excluding carboxylic acids is 2. The molecule has 2 bridgehead atoms. The first-order valence-electron chi connectivity index (χ1n) is 14.6. The second-order valence-electron chi connectivity index (χ2n) is 12.3. The van der Waals surface area contributed by atoms with Gasteiger partial charge in [0.05, 0.1) is 46.0 Å². The standard InChI is InChI=1S/C32H29F3N6O2/c1-2-27(42)39-11-9-24-28-25(41(38-24)20-5-3-19(4-6-20)31-13-18(14-31)15-31)10-12-40(26(28)17-39)30(43)21-7-8-23(32(33,34)35)29-22(21)16-36-37-29/h2-8,16,18,26H,1,9-15,17H2,(H,36,37)/t18?,26-,31?/m1/s1. The second-order valence-corrected chi connectivity index (χ2v) is 12.3. The lowest BCUT2D eigenvalue weighted by Crippen LogP contribution is -2.55. The Morgan fingerprint density at radius 1 is 1.05 bits per heavy atom. The fourth-order valence-electron chi connectivity index (χ4n) is 7.78. The monoisotopic (exact) mass is 586 g/mol. The minimum Gasteiger partial charge on any atom is -0.336 e. The van der Waals surface area contributed by atoms with Gasteiger partial charge in [-0.15, -0.1) is 0 Å². The van der Waals surface area contributed by atoms with Crippen LogP contribution in [0.3, 0.4) is 0 Å². The predicted octanol–water partition coefficient (Wildman–Crippen LogP) is 5.13. The Bertz CT molecular complexity index is 1800. The number of H-pyrrole nitrogens is 1. The number of benzene rings is 2. The van der Waals surface area contributed by atoms with E-state index < -0.39 is 23.7 Å². The third-order valence-electron chi connectivity index (χ3n) is 10.1. The molecule has 2 aromatic carbocycles. The van der Waals surface area contributed by atoms with Crippen molar-refractivity contribution >= 4 is 22.7 Å². The lowest BCUT2D eigenvalue weighted by molar-refractivity contribution is -0.136. The van der Waals surface area contributed by atoms with Gasteiger partial charge in [-0.3, -0.25) is 14.7 Å². The first-order valence-corrected chi connectivity index (χ1v) is 14.6. The van der Waals surface area contributed by atoms with Crippen LogP contribution in [0.25, 0.3) is 16.6 Å². The maximum atomic E-state index is 14.1. The molecule has 0 saturated heterocycles. The quantitative estimate of drug-likeness (QED) is 0.336. The van der Waals surface area contributed by atoms with E-state index in [4.69, 9.17) is 5.10 Å². The lowest BCUT2D eigenvalue weighted by Gasteiger charge is -2.62. The van der Waals surface area contributed by atoms with E-state index >= 15 is 0 Å². The molecule has 0 unspecified atom stereocenters. The third-order valence-corrected chi connectivity index (χ3v) is 10.1. The van der Waals surface area contributed by atoms with Crippen LogP contribution >= 0.6 is 0 Å². The van der Waals surface area contributed by atoms with Gasteiger partial charge in [0.1, 0.15) is 0 Å². The molecule has 3 fully saturated rings. The summed E-state index contributed by atoms with van der Waals surface area (Å²) in [5.41, 5.74) is 4.47. The van der Waals surface area contributed by atoms with E-state index in [9.17, 15) is 22.8 Å². The summed E-state index contributed by atoms with van der Waals surface area (Å²) in [7, 11) is 0. The highest BCUT2D eigenvalue weighted by Crippen LogP contribution is 2.65. The summed E-state index contributed by atoms with van der Waals surface area (Å²) in [6.45, 7) is 4.62. The van der Waals surface area contributed by atoms with Crippen LogP contribution in [-0.2, 0) is 29.2 Å². The summed E-state index contributed by atoms with van der Waals surface area (Å²) < 4.78 is 43.0. The Morgan fingerprint density at radius 3 is 2.49 bits per heavy atom. The third kappa shape index (κ3) is 3.82. The first-order chi connectivity index (χ1) is 20.7. The van der Waals surface area contributed by atoms with Gasteiger partial charge in [0, 0.05) is 43.4 Å². The Kier molecular flexibility index (Phi) is 5.52. The van der Waals surface area contributed by atoms with Gasteiger partial charge >= 0.3 is 6.18 Å². The van der Waals surface area contributed by atoms with Crippen LogP contribution in [0.1, 0.15) is 63.7 Å². The molecule has 1 atom stereocenters. The largest absolute Gasteiger partial charge is 0.418 e. The van der Waals surface area contributed by atoms with E-state index in [0.717, 1.165) is 34.6 Å². The van der Waals surface area contributed by atoms with Gasteiger partial charge < -0.3 is 9.80 Å². The van der Waals surface area contributed by atoms with Crippen molar-refractivity contribution in [3.63, 3.8) is 0 Å². The number of alkyl halides is 3. The summed E-state index contributed by atoms with van der Waals surface area (Å²) in [6, 6.07) is 10.3. The Hall–Kier alpha value is -4.41. The van der Waals surface area contributed by atoms with Gasteiger partial charge in [-0.05, 0) is 66.5 Å². The number of nitrogens with one attached hydrogen (secondary N) is 1. The van der Waals surface area contributed by atoms with Gasteiger partial charge in [-0.2, -0.15) is 23.4 Å². The van der Waals surface area contributed by atoms with Crippen LogP contribution in [0.4, 0.5) is 13.2 Å². The zero-order valence-corrected chi connectivity index (χ0v) is 23.3. The molecule has 1 N–H and O–H groups in total. The van der Waals surface area contributed by atoms with Gasteiger partial charge in [0.25, 0.3) is 5.91 Å². The normalized spacial score (nSPS) is 24.2. The Morgan fingerprint density at radius 2 is 1.81 bits per heavy atom. The van der Waals surface area contributed by atoms with Crippen molar-refractivity contribution in [2.24, 2.45) is 5.92 Å². The zero-order valence-electron chi connectivity index (χ0n) is 23.3. The second kappa shape index (κ2) is 9.05. The molecule has 11 heteroatoms. The van der Waals surface area contributed by atoms with E-state index in [0.29, 0.717) is 31.3 Å². The van der Waals surface area contributed by atoms with Crippen molar-refractivity contribution in [2.45, 2.75) is 49.7 Å². The number of nitrogens with zero attached hydrogens (tertiary/aromatic N) is 5. The van der Waals surface area contributed by atoms with Crippen LogP contribution in [-0.4, -0.2) is 61.2 Å².